The third kappa shape index (κ3) is 9.05. The smallest absolute Gasteiger partial charge is 0.121 e. The molecule has 4 heteroatoms. The molecule has 0 aliphatic heterocycles. The van der Waals surface area contributed by atoms with E-state index in [2.05, 4.69) is 52.4 Å². The van der Waals surface area contributed by atoms with Crippen LogP contribution in [0.1, 0.15) is 48.4 Å². The summed E-state index contributed by atoms with van der Waals surface area (Å²) < 4.78 is 69.1. The molecule has 57 heavy (non-hydrogen) atoms. The van der Waals surface area contributed by atoms with E-state index in [-0.39, 0.29) is 31.2 Å². The van der Waals surface area contributed by atoms with Crippen molar-refractivity contribution in [2.24, 2.45) is 5.41 Å². The minimum Gasteiger partial charge on any atom is -0.501 e. The van der Waals surface area contributed by atoms with E-state index < -0.39 is 25.5 Å². The number of benzene rings is 6. The largest absolute Gasteiger partial charge is 0.501 e. The summed E-state index contributed by atoms with van der Waals surface area (Å²) in [6.45, 7) is 1.30. The fourth-order valence-corrected chi connectivity index (χ4v) is 6.72. The predicted octanol–water partition coefficient (Wildman–Crippen LogP) is 14.2. The summed E-state index contributed by atoms with van der Waals surface area (Å²) in [5.41, 5.74) is 10.5. The van der Waals surface area contributed by atoms with E-state index >= 15 is 0 Å². The van der Waals surface area contributed by atoms with Gasteiger partial charge in [0.1, 0.15) is 5.58 Å². The number of furan rings is 1. The molecule has 0 saturated carbocycles. The number of hydrogen-bond acceptors (Lipinski definition) is 3. The first-order valence-corrected chi connectivity index (χ1v) is 18.5. The molecule has 0 fully saturated rings. The molecule has 0 aliphatic carbocycles. The Hall–Kier alpha value is -5.93. The van der Waals surface area contributed by atoms with Crippen molar-refractivity contribution in [2.75, 3.05) is 0 Å². The van der Waals surface area contributed by atoms with E-state index in [0.29, 0.717) is 22.4 Å². The third-order valence-electron chi connectivity index (χ3n) is 9.37. The van der Waals surface area contributed by atoms with Gasteiger partial charge >= 0.3 is 0 Å². The van der Waals surface area contributed by atoms with Gasteiger partial charge in [0.15, 0.2) is 0 Å². The van der Waals surface area contributed by atoms with Crippen LogP contribution >= 0.6 is 0 Å². The van der Waals surface area contributed by atoms with Gasteiger partial charge in [0.05, 0.1) is 5.58 Å². The molecule has 0 N–H and O–H groups in total. The van der Waals surface area contributed by atoms with Crippen molar-refractivity contribution in [2.45, 2.75) is 40.8 Å². The van der Waals surface area contributed by atoms with Gasteiger partial charge in [-0.2, -0.15) is 0 Å². The number of fused-ring (bicyclic) bond motifs is 3. The van der Waals surface area contributed by atoms with Crippen molar-refractivity contribution in [3.05, 3.63) is 193 Å². The Labute approximate surface area is 361 Å². The van der Waals surface area contributed by atoms with Gasteiger partial charge < -0.3 is 14.4 Å². The number of aryl methyl sites for hydroxylation is 2. The Balaban J connectivity index is 0.000000205. The SMILES string of the molecule is [2H]C([2H])([2H])c1ccc(-c2[c-]cc(C([2H])([2H])[2H])c(-c3ccccc3)c2)nc1.[2H]C([2H])(c1ccc(-c2ccnc(-c3[c-]ccc4c3oc3cc(-c5ccccc5)ccc34)c2)cc1)C(C)(C)C.[Ir]. The molecule has 0 spiro atoms. The van der Waals surface area contributed by atoms with Crippen molar-refractivity contribution in [1.29, 1.82) is 0 Å². The zero-order valence-corrected chi connectivity index (χ0v) is 34.1. The number of pyridine rings is 2. The van der Waals surface area contributed by atoms with Crippen LogP contribution in [-0.4, -0.2) is 9.97 Å². The maximum atomic E-state index is 8.57. The van der Waals surface area contributed by atoms with E-state index in [1.54, 1.807) is 18.3 Å². The number of nitrogens with zero attached hydrogens (tertiary/aromatic N) is 2. The first kappa shape index (κ1) is 30.2. The topological polar surface area (TPSA) is 38.9 Å². The molecule has 1 radical (unpaired) electrons. The van der Waals surface area contributed by atoms with Gasteiger partial charge in [0, 0.05) is 48.9 Å². The fourth-order valence-electron chi connectivity index (χ4n) is 6.72. The van der Waals surface area contributed by atoms with Gasteiger partial charge in [-0.1, -0.05) is 159 Å². The molecule has 3 aromatic heterocycles. The molecular weight excluding hydrogens is 873 g/mol. The Kier molecular flexibility index (Phi) is 9.05. The minimum absolute atomic E-state index is 0. The van der Waals surface area contributed by atoms with Crippen LogP contribution < -0.4 is 0 Å². The maximum absolute atomic E-state index is 8.57. The standard InChI is InChI=1S/C34H28NO.C19H16N.Ir/c1-34(2,3)22-23-12-14-25(15-13-23)27-18-19-35-31(20-27)30-11-7-10-29-28-17-16-26(21-32(28)36-33(29)30)24-8-5-4-6-9-24;1-14-8-11-19(20-13-14)17-10-9-15(2)18(12-17)16-6-4-3-5-7-16;/h4-10,12-21H,22H2,1-3H3;3-9,11-13H,1-2H3;/q2*-1;/i22D2;1D3,2D3;. The summed E-state index contributed by atoms with van der Waals surface area (Å²) in [5.74, 6) is 0. The van der Waals surface area contributed by atoms with Gasteiger partial charge in [0.25, 0.3) is 0 Å². The Bertz CT molecular complexity index is 3070. The van der Waals surface area contributed by atoms with E-state index in [9.17, 15) is 0 Å². The maximum Gasteiger partial charge on any atom is 0.121 e. The summed E-state index contributed by atoms with van der Waals surface area (Å²) in [6.07, 6.45) is 1.69. The van der Waals surface area contributed by atoms with Gasteiger partial charge in [0.2, 0.25) is 0 Å². The molecule has 0 amide bonds. The fraction of sp³-hybridized carbons (Fsp3) is 0.132. The van der Waals surface area contributed by atoms with Gasteiger partial charge in [-0.05, 0) is 81.1 Å². The van der Waals surface area contributed by atoms with Crippen LogP contribution in [0.25, 0.3) is 77.8 Å². The van der Waals surface area contributed by atoms with Crippen LogP contribution in [0.5, 0.6) is 0 Å². The average Bonchev–Trinajstić information content (AvgIpc) is 3.67. The zero-order valence-electron chi connectivity index (χ0n) is 39.7. The quantitative estimate of drug-likeness (QED) is 0.156. The van der Waals surface area contributed by atoms with Crippen LogP contribution in [0, 0.1) is 31.3 Å². The normalized spacial score (nSPS) is 13.9. The number of rotatable bonds is 6. The third-order valence-corrected chi connectivity index (χ3v) is 9.37. The van der Waals surface area contributed by atoms with Crippen LogP contribution in [0.15, 0.2) is 168 Å². The second kappa shape index (κ2) is 17.1. The molecule has 9 aromatic rings. The van der Waals surface area contributed by atoms with Crippen LogP contribution in [0.3, 0.4) is 0 Å². The molecule has 0 bridgehead atoms. The van der Waals surface area contributed by atoms with Crippen LogP contribution in [0.2, 0.25) is 0 Å². The molecular formula is C53H44IrN2O-2. The molecule has 0 aliphatic rings. The van der Waals surface area contributed by atoms with Crippen molar-refractivity contribution >= 4 is 21.9 Å². The summed E-state index contributed by atoms with van der Waals surface area (Å²) in [4.78, 5) is 8.87. The average molecular weight is 925 g/mol. The Morgan fingerprint density at radius 1 is 0.649 bits per heavy atom. The van der Waals surface area contributed by atoms with Crippen molar-refractivity contribution in [1.82, 2.24) is 9.97 Å². The van der Waals surface area contributed by atoms with E-state index in [1.807, 2.05) is 118 Å². The minimum atomic E-state index is -2.27. The van der Waals surface area contributed by atoms with E-state index in [4.69, 9.17) is 15.4 Å². The van der Waals surface area contributed by atoms with Crippen LogP contribution in [0.4, 0.5) is 0 Å². The second-order valence-electron chi connectivity index (χ2n) is 14.6. The summed E-state index contributed by atoms with van der Waals surface area (Å²) in [7, 11) is 0. The first-order chi connectivity index (χ1) is 30.4. The van der Waals surface area contributed by atoms with Crippen molar-refractivity contribution in [3.8, 4) is 55.9 Å². The molecule has 0 saturated heterocycles. The molecule has 0 atom stereocenters. The molecule has 283 valence electrons. The van der Waals surface area contributed by atoms with E-state index in [1.165, 1.54) is 18.3 Å². The Morgan fingerprint density at radius 2 is 1.37 bits per heavy atom. The second-order valence-corrected chi connectivity index (χ2v) is 14.6. The van der Waals surface area contributed by atoms with E-state index in [0.717, 1.165) is 61.0 Å². The molecule has 6 aromatic carbocycles. The Morgan fingerprint density at radius 3 is 2.07 bits per heavy atom. The van der Waals surface area contributed by atoms with Crippen molar-refractivity contribution in [3.63, 3.8) is 0 Å². The zero-order chi connectivity index (χ0) is 45.4. The molecule has 3 nitrogen and oxygen atoms in total. The monoisotopic (exact) mass is 925 g/mol. The molecule has 9 rings (SSSR count). The number of aromatic nitrogens is 2. The van der Waals surface area contributed by atoms with Gasteiger partial charge in [-0.15, -0.1) is 47.5 Å². The number of hydrogen-bond donors (Lipinski definition) is 0. The summed E-state index contributed by atoms with van der Waals surface area (Å²) in [5, 5.41) is 2.10. The first-order valence-electron chi connectivity index (χ1n) is 22.5. The predicted molar refractivity (Wildman–Crippen MR) is 233 cm³/mol. The summed E-state index contributed by atoms with van der Waals surface area (Å²) in [6, 6.07) is 54.2. The van der Waals surface area contributed by atoms with Crippen molar-refractivity contribution < 1.29 is 35.5 Å². The molecule has 0 unspecified atom stereocenters. The molecule has 3 heterocycles. The van der Waals surface area contributed by atoms with Gasteiger partial charge in [-0.3, -0.25) is 0 Å². The van der Waals surface area contributed by atoms with Crippen LogP contribution in [-0.2, 0) is 26.5 Å². The van der Waals surface area contributed by atoms with Gasteiger partial charge in [-0.25, -0.2) is 0 Å². The summed E-state index contributed by atoms with van der Waals surface area (Å²) >= 11 is 0.